The predicted molar refractivity (Wildman–Crippen MR) is 93.6 cm³/mol. The van der Waals surface area contributed by atoms with E-state index in [1.54, 1.807) is 17.4 Å². The average Bonchev–Trinajstić information content (AvgIpc) is 2.72. The van der Waals surface area contributed by atoms with Gasteiger partial charge in [-0.3, -0.25) is 0 Å². The van der Waals surface area contributed by atoms with Crippen LogP contribution < -0.4 is 5.32 Å². The van der Waals surface area contributed by atoms with Gasteiger partial charge in [0.1, 0.15) is 4.34 Å². The third-order valence-electron chi connectivity index (χ3n) is 2.82. The highest BCUT2D eigenvalue weighted by atomic mass is 79.9. The zero-order valence-corrected chi connectivity index (χ0v) is 15.4. The van der Waals surface area contributed by atoms with Crippen LogP contribution in [0.5, 0.6) is 0 Å². The van der Waals surface area contributed by atoms with Crippen molar-refractivity contribution in [2.75, 3.05) is 6.54 Å². The summed E-state index contributed by atoms with van der Waals surface area (Å²) in [5, 5.41) is 4.80. The second-order valence-corrected chi connectivity index (χ2v) is 7.71. The van der Waals surface area contributed by atoms with Gasteiger partial charge in [-0.15, -0.1) is 11.3 Å². The summed E-state index contributed by atoms with van der Waals surface area (Å²) in [5.41, 5.74) is 1.01. The van der Waals surface area contributed by atoms with Crippen molar-refractivity contribution in [2.24, 2.45) is 0 Å². The van der Waals surface area contributed by atoms with Gasteiger partial charge in [-0.2, -0.15) is 0 Å². The fraction of sp³-hybridized carbons (Fsp3) is 0.286. The second kappa shape index (κ2) is 7.48. The highest BCUT2D eigenvalue weighted by Gasteiger charge is 2.20. The van der Waals surface area contributed by atoms with Crippen LogP contribution in [0.15, 0.2) is 28.7 Å². The van der Waals surface area contributed by atoms with Crippen LogP contribution in [0.3, 0.4) is 0 Å². The number of hydrogen-bond acceptors (Lipinski definition) is 2. The minimum Gasteiger partial charge on any atom is -0.306 e. The zero-order valence-electron chi connectivity index (χ0n) is 10.7. The van der Waals surface area contributed by atoms with E-state index in [0.717, 1.165) is 32.2 Å². The third-order valence-corrected chi connectivity index (χ3v) is 5.92. The molecule has 2 rings (SSSR count). The fourth-order valence-electron chi connectivity index (χ4n) is 1.89. The van der Waals surface area contributed by atoms with E-state index in [1.165, 1.54) is 0 Å². The molecule has 0 bridgehead atoms. The topological polar surface area (TPSA) is 12.0 Å². The number of thiophene rings is 1. The Balaban J connectivity index is 2.41. The first-order valence-electron chi connectivity index (χ1n) is 6.16. The van der Waals surface area contributed by atoms with Crippen LogP contribution in [-0.2, 0) is 0 Å². The van der Waals surface area contributed by atoms with E-state index in [2.05, 4.69) is 28.2 Å². The largest absolute Gasteiger partial charge is 0.306 e. The van der Waals surface area contributed by atoms with Crippen molar-refractivity contribution in [3.8, 4) is 0 Å². The number of halogens is 4. The Kier molecular flexibility index (Phi) is 6.21. The lowest BCUT2D eigenvalue weighted by Gasteiger charge is -2.19. The standard InChI is InChI=1S/C14H13BrCl3NS/c1-2-5-19-13(12-7-10(15)14(18)20-12)9-4-3-8(16)6-11(9)17/h3-4,6-7,13,19H,2,5H2,1H3. The average molecular weight is 414 g/mol. The van der Waals surface area contributed by atoms with Crippen LogP contribution in [0.1, 0.15) is 29.8 Å². The molecule has 1 atom stereocenters. The number of hydrogen-bond donors (Lipinski definition) is 1. The normalized spacial score (nSPS) is 12.7. The molecule has 0 radical (unpaired) electrons. The zero-order chi connectivity index (χ0) is 14.7. The molecular weight excluding hydrogens is 400 g/mol. The van der Waals surface area contributed by atoms with Gasteiger partial charge in [-0.1, -0.05) is 47.8 Å². The second-order valence-electron chi connectivity index (χ2n) is 4.32. The van der Waals surface area contributed by atoms with Gasteiger partial charge in [-0.05, 0) is 52.7 Å². The monoisotopic (exact) mass is 411 g/mol. The van der Waals surface area contributed by atoms with Crippen molar-refractivity contribution in [3.05, 3.63) is 53.6 Å². The quantitative estimate of drug-likeness (QED) is 0.585. The van der Waals surface area contributed by atoms with E-state index < -0.39 is 0 Å². The van der Waals surface area contributed by atoms with E-state index in [-0.39, 0.29) is 6.04 Å². The van der Waals surface area contributed by atoms with Gasteiger partial charge in [0.2, 0.25) is 0 Å². The van der Waals surface area contributed by atoms with Gasteiger partial charge in [0.15, 0.2) is 0 Å². The van der Waals surface area contributed by atoms with Crippen molar-refractivity contribution in [1.82, 2.24) is 5.32 Å². The molecule has 0 saturated carbocycles. The summed E-state index contributed by atoms with van der Waals surface area (Å²) in [6.07, 6.45) is 1.04. The lowest BCUT2D eigenvalue weighted by atomic mass is 10.1. The van der Waals surface area contributed by atoms with Gasteiger partial charge >= 0.3 is 0 Å². The Morgan fingerprint density at radius 3 is 2.55 bits per heavy atom. The van der Waals surface area contributed by atoms with Crippen LogP contribution in [0.25, 0.3) is 0 Å². The summed E-state index contributed by atoms with van der Waals surface area (Å²) in [6.45, 7) is 3.03. The fourth-order valence-corrected chi connectivity index (χ4v) is 4.24. The number of nitrogens with one attached hydrogen (secondary N) is 1. The Labute approximate surface area is 146 Å². The van der Waals surface area contributed by atoms with Crippen LogP contribution in [0, 0.1) is 0 Å². The molecule has 0 aliphatic rings. The highest BCUT2D eigenvalue weighted by Crippen LogP contribution is 2.39. The van der Waals surface area contributed by atoms with Crippen molar-refractivity contribution in [2.45, 2.75) is 19.4 Å². The van der Waals surface area contributed by atoms with Crippen LogP contribution in [-0.4, -0.2) is 6.54 Å². The lowest BCUT2D eigenvalue weighted by Crippen LogP contribution is -2.22. The maximum Gasteiger partial charge on any atom is 0.107 e. The first-order chi connectivity index (χ1) is 9.52. The van der Waals surface area contributed by atoms with E-state index in [4.69, 9.17) is 34.8 Å². The van der Waals surface area contributed by atoms with Crippen LogP contribution in [0.2, 0.25) is 14.4 Å². The molecule has 0 amide bonds. The van der Waals surface area contributed by atoms with Gasteiger partial charge in [0.25, 0.3) is 0 Å². The Hall–Kier alpha value is 0.230. The summed E-state index contributed by atoms with van der Waals surface area (Å²) in [7, 11) is 0. The molecule has 0 aliphatic heterocycles. The molecule has 1 nitrogen and oxygen atoms in total. The van der Waals surface area contributed by atoms with Gasteiger partial charge in [0.05, 0.1) is 6.04 Å². The minimum atomic E-state index is 0.0218. The molecule has 1 aromatic carbocycles. The Morgan fingerprint density at radius 2 is 2.00 bits per heavy atom. The molecule has 1 aromatic heterocycles. The maximum absolute atomic E-state index is 6.34. The van der Waals surface area contributed by atoms with Crippen molar-refractivity contribution in [3.63, 3.8) is 0 Å². The summed E-state index contributed by atoms with van der Waals surface area (Å²) < 4.78 is 1.65. The SMILES string of the molecule is CCCNC(c1cc(Br)c(Cl)s1)c1ccc(Cl)cc1Cl. The number of benzene rings is 1. The summed E-state index contributed by atoms with van der Waals surface area (Å²) >= 11 is 23.5. The lowest BCUT2D eigenvalue weighted by molar-refractivity contribution is 0.606. The van der Waals surface area contributed by atoms with Crippen molar-refractivity contribution in [1.29, 1.82) is 0 Å². The Morgan fingerprint density at radius 1 is 1.25 bits per heavy atom. The molecule has 0 saturated heterocycles. The number of rotatable bonds is 5. The third kappa shape index (κ3) is 3.90. The van der Waals surface area contributed by atoms with E-state index in [0.29, 0.717) is 10.0 Å². The van der Waals surface area contributed by atoms with Crippen molar-refractivity contribution >= 4 is 62.1 Å². The van der Waals surface area contributed by atoms with Crippen LogP contribution in [0.4, 0.5) is 0 Å². The van der Waals surface area contributed by atoms with Gasteiger partial charge < -0.3 is 5.32 Å². The minimum absolute atomic E-state index is 0.0218. The smallest absolute Gasteiger partial charge is 0.107 e. The van der Waals surface area contributed by atoms with E-state index in [9.17, 15) is 0 Å². The Bertz CT molecular complexity index is 581. The predicted octanol–water partition coefficient (Wildman–Crippen LogP) is 6.56. The van der Waals surface area contributed by atoms with E-state index >= 15 is 0 Å². The van der Waals surface area contributed by atoms with Crippen LogP contribution >= 0.6 is 62.1 Å². The van der Waals surface area contributed by atoms with Gasteiger partial charge in [0, 0.05) is 19.4 Å². The first-order valence-corrected chi connectivity index (χ1v) is 8.90. The molecule has 2 aromatic rings. The highest BCUT2D eigenvalue weighted by molar-refractivity contribution is 9.10. The van der Waals surface area contributed by atoms with E-state index in [1.807, 2.05) is 18.2 Å². The maximum atomic E-state index is 6.34. The molecule has 0 aliphatic carbocycles. The molecular formula is C14H13BrCl3NS. The molecule has 20 heavy (non-hydrogen) atoms. The molecule has 1 unspecified atom stereocenters. The summed E-state index contributed by atoms with van der Waals surface area (Å²) in [5.74, 6) is 0. The molecule has 0 spiro atoms. The van der Waals surface area contributed by atoms with Gasteiger partial charge in [-0.25, -0.2) is 0 Å². The molecule has 6 heteroatoms. The molecule has 108 valence electrons. The summed E-state index contributed by atoms with van der Waals surface area (Å²) in [6, 6.07) is 7.63. The molecule has 1 N–H and O–H groups in total. The van der Waals surface area contributed by atoms with Crippen molar-refractivity contribution < 1.29 is 0 Å². The molecule has 0 fully saturated rings. The summed E-state index contributed by atoms with van der Waals surface area (Å²) in [4.78, 5) is 1.12. The molecule has 1 heterocycles. The first kappa shape index (κ1) is 16.6.